The van der Waals surface area contributed by atoms with Crippen LogP contribution in [-0.2, 0) is 0 Å². The smallest absolute Gasteiger partial charge is 0.0715 e. The van der Waals surface area contributed by atoms with E-state index in [1.807, 2.05) is 12.1 Å². The second-order valence-electron chi connectivity index (χ2n) is 7.70. The van der Waals surface area contributed by atoms with E-state index in [0.29, 0.717) is 5.92 Å². The number of carboxylic acids is 1. The zero-order chi connectivity index (χ0) is 18.4. The molecule has 0 radical (unpaired) electrons. The van der Waals surface area contributed by atoms with Crippen molar-refractivity contribution in [2.45, 2.75) is 64.2 Å². The average Bonchev–Trinajstić information content (AvgIpc) is 2.69. The summed E-state index contributed by atoms with van der Waals surface area (Å²) < 4.78 is 0. The molecule has 0 atom stereocenters. The van der Waals surface area contributed by atoms with Gasteiger partial charge in [0.15, 0.2) is 0 Å². The Labute approximate surface area is 157 Å². The van der Waals surface area contributed by atoms with Crippen LogP contribution in [0.5, 0.6) is 0 Å². The fourth-order valence-electron chi connectivity index (χ4n) is 4.21. The SMILES string of the molecule is CCCCCC1CCC(c2ccc(-c3ccc(C(=O)[O-])cc3)cc2)CC1. The van der Waals surface area contributed by atoms with Crippen LogP contribution in [0.2, 0.25) is 0 Å². The first-order valence-electron chi connectivity index (χ1n) is 10.1. The van der Waals surface area contributed by atoms with E-state index in [4.69, 9.17) is 0 Å². The van der Waals surface area contributed by atoms with Crippen molar-refractivity contribution < 1.29 is 9.90 Å². The van der Waals surface area contributed by atoms with Crippen LogP contribution in [0, 0.1) is 5.92 Å². The second kappa shape index (κ2) is 9.02. The van der Waals surface area contributed by atoms with Gasteiger partial charge in [0, 0.05) is 0 Å². The summed E-state index contributed by atoms with van der Waals surface area (Å²) in [7, 11) is 0. The van der Waals surface area contributed by atoms with E-state index < -0.39 is 5.97 Å². The van der Waals surface area contributed by atoms with E-state index in [-0.39, 0.29) is 5.56 Å². The van der Waals surface area contributed by atoms with Crippen molar-refractivity contribution >= 4 is 5.97 Å². The predicted octanol–water partition coefficient (Wildman–Crippen LogP) is 5.57. The van der Waals surface area contributed by atoms with Crippen LogP contribution in [-0.4, -0.2) is 5.97 Å². The van der Waals surface area contributed by atoms with Gasteiger partial charge in [0.1, 0.15) is 0 Å². The zero-order valence-corrected chi connectivity index (χ0v) is 15.7. The summed E-state index contributed by atoms with van der Waals surface area (Å²) in [6.07, 6.45) is 10.9. The molecule has 0 bridgehead atoms. The average molecular weight is 349 g/mol. The van der Waals surface area contributed by atoms with Crippen LogP contribution >= 0.6 is 0 Å². The van der Waals surface area contributed by atoms with Crippen molar-refractivity contribution in [2.75, 3.05) is 0 Å². The number of carbonyl (C=O) groups is 1. The first-order valence-corrected chi connectivity index (χ1v) is 10.1. The number of hydrogen-bond acceptors (Lipinski definition) is 2. The summed E-state index contributed by atoms with van der Waals surface area (Å²) >= 11 is 0. The lowest BCUT2D eigenvalue weighted by atomic mass is 9.77. The van der Waals surface area contributed by atoms with Crippen molar-refractivity contribution in [1.82, 2.24) is 0 Å². The van der Waals surface area contributed by atoms with Crippen LogP contribution < -0.4 is 5.11 Å². The number of unbranched alkanes of at least 4 members (excludes halogenated alkanes) is 2. The Balaban J connectivity index is 1.57. The molecule has 0 amide bonds. The van der Waals surface area contributed by atoms with E-state index in [9.17, 15) is 9.90 Å². The van der Waals surface area contributed by atoms with Crippen LogP contribution in [0.25, 0.3) is 11.1 Å². The zero-order valence-electron chi connectivity index (χ0n) is 15.7. The Kier molecular flexibility index (Phi) is 6.49. The second-order valence-corrected chi connectivity index (χ2v) is 7.70. The molecule has 2 aromatic rings. The van der Waals surface area contributed by atoms with Crippen molar-refractivity contribution in [3.05, 3.63) is 59.7 Å². The minimum atomic E-state index is -1.13. The molecule has 1 fully saturated rings. The van der Waals surface area contributed by atoms with Gasteiger partial charge in [0.25, 0.3) is 0 Å². The van der Waals surface area contributed by atoms with Crippen LogP contribution in [0.1, 0.15) is 80.1 Å². The van der Waals surface area contributed by atoms with Gasteiger partial charge in [0.2, 0.25) is 0 Å². The first kappa shape index (κ1) is 18.7. The largest absolute Gasteiger partial charge is 0.545 e. The maximum absolute atomic E-state index is 10.9. The number of carboxylic acid groups (broad SMARTS) is 1. The van der Waals surface area contributed by atoms with E-state index in [2.05, 4.69) is 31.2 Å². The molecular formula is C24H29O2-. The van der Waals surface area contributed by atoms with E-state index in [0.717, 1.165) is 17.0 Å². The van der Waals surface area contributed by atoms with Gasteiger partial charge in [-0.1, -0.05) is 81.1 Å². The van der Waals surface area contributed by atoms with Crippen LogP contribution in [0.4, 0.5) is 0 Å². The standard InChI is InChI=1S/C24H30O2/c1-2-3-4-5-18-6-8-19(9-7-18)20-10-12-21(13-11-20)22-14-16-23(17-15-22)24(25)26/h10-19H,2-9H2,1H3,(H,25,26)/p-1. The molecule has 2 heteroatoms. The molecule has 0 unspecified atom stereocenters. The highest BCUT2D eigenvalue weighted by molar-refractivity contribution is 5.86. The monoisotopic (exact) mass is 349 g/mol. The molecule has 0 N–H and O–H groups in total. The lowest BCUT2D eigenvalue weighted by Crippen LogP contribution is -2.21. The fourth-order valence-corrected chi connectivity index (χ4v) is 4.21. The summed E-state index contributed by atoms with van der Waals surface area (Å²) in [6.45, 7) is 2.28. The topological polar surface area (TPSA) is 40.1 Å². The van der Waals surface area contributed by atoms with E-state index in [1.54, 1.807) is 12.1 Å². The molecule has 1 saturated carbocycles. The quantitative estimate of drug-likeness (QED) is 0.613. The molecule has 0 saturated heterocycles. The van der Waals surface area contributed by atoms with Gasteiger partial charge in [-0.05, 0) is 59.8 Å². The number of hydrogen-bond donors (Lipinski definition) is 0. The maximum Gasteiger partial charge on any atom is 0.0715 e. The molecular weight excluding hydrogens is 320 g/mol. The first-order chi connectivity index (χ1) is 12.7. The Morgan fingerprint density at radius 2 is 1.46 bits per heavy atom. The van der Waals surface area contributed by atoms with Gasteiger partial charge in [-0.2, -0.15) is 0 Å². The molecule has 26 heavy (non-hydrogen) atoms. The number of benzene rings is 2. The third-order valence-corrected chi connectivity index (χ3v) is 5.90. The van der Waals surface area contributed by atoms with Gasteiger partial charge in [0.05, 0.1) is 5.97 Å². The van der Waals surface area contributed by atoms with Gasteiger partial charge in [-0.3, -0.25) is 0 Å². The van der Waals surface area contributed by atoms with Gasteiger partial charge in [-0.25, -0.2) is 0 Å². The summed E-state index contributed by atoms with van der Waals surface area (Å²) in [5.41, 5.74) is 3.85. The van der Waals surface area contributed by atoms with Gasteiger partial charge in [-0.15, -0.1) is 0 Å². The summed E-state index contributed by atoms with van der Waals surface area (Å²) in [5.74, 6) is 0.517. The molecule has 1 aliphatic rings. The predicted molar refractivity (Wildman–Crippen MR) is 105 cm³/mol. The molecule has 0 aromatic heterocycles. The summed E-state index contributed by atoms with van der Waals surface area (Å²) in [4.78, 5) is 10.9. The normalized spacial score (nSPS) is 20.0. The molecule has 0 heterocycles. The summed E-state index contributed by atoms with van der Waals surface area (Å²) in [5, 5.41) is 10.9. The number of aromatic carboxylic acids is 1. The Morgan fingerprint density at radius 1 is 0.885 bits per heavy atom. The maximum atomic E-state index is 10.9. The third-order valence-electron chi connectivity index (χ3n) is 5.90. The minimum absolute atomic E-state index is 0.223. The highest BCUT2D eigenvalue weighted by Gasteiger charge is 2.21. The molecule has 0 spiro atoms. The van der Waals surface area contributed by atoms with Crippen molar-refractivity contribution in [3.8, 4) is 11.1 Å². The third kappa shape index (κ3) is 4.75. The molecule has 2 aromatic carbocycles. The number of rotatable bonds is 7. The van der Waals surface area contributed by atoms with Crippen molar-refractivity contribution in [3.63, 3.8) is 0 Å². The Bertz CT molecular complexity index is 692. The van der Waals surface area contributed by atoms with Gasteiger partial charge < -0.3 is 9.90 Å². The lowest BCUT2D eigenvalue weighted by Gasteiger charge is -2.29. The van der Waals surface area contributed by atoms with Crippen molar-refractivity contribution in [1.29, 1.82) is 0 Å². The molecule has 0 aliphatic heterocycles. The Hall–Kier alpha value is -2.09. The molecule has 1 aliphatic carbocycles. The minimum Gasteiger partial charge on any atom is -0.545 e. The summed E-state index contributed by atoms with van der Waals surface area (Å²) in [6, 6.07) is 15.8. The lowest BCUT2D eigenvalue weighted by molar-refractivity contribution is -0.255. The van der Waals surface area contributed by atoms with E-state index >= 15 is 0 Å². The molecule has 2 nitrogen and oxygen atoms in total. The van der Waals surface area contributed by atoms with Crippen molar-refractivity contribution in [2.24, 2.45) is 5.92 Å². The van der Waals surface area contributed by atoms with Crippen LogP contribution in [0.3, 0.4) is 0 Å². The molecule has 3 rings (SSSR count). The highest BCUT2D eigenvalue weighted by Crippen LogP contribution is 2.38. The fraction of sp³-hybridized carbons (Fsp3) is 0.458. The van der Waals surface area contributed by atoms with Gasteiger partial charge >= 0.3 is 0 Å². The Morgan fingerprint density at radius 3 is 2.00 bits per heavy atom. The number of carbonyl (C=O) groups excluding carboxylic acids is 1. The highest BCUT2D eigenvalue weighted by atomic mass is 16.4. The molecule has 138 valence electrons. The van der Waals surface area contributed by atoms with E-state index in [1.165, 1.54) is 56.9 Å². The van der Waals surface area contributed by atoms with Crippen LogP contribution in [0.15, 0.2) is 48.5 Å².